The average molecular weight is 700 g/mol. The summed E-state index contributed by atoms with van der Waals surface area (Å²) in [6.07, 6.45) is 13.0. The molecule has 0 atom stereocenters. The summed E-state index contributed by atoms with van der Waals surface area (Å²) in [5.74, 6) is 0.167. The van der Waals surface area contributed by atoms with Gasteiger partial charge in [-0.1, -0.05) is 12.2 Å². The quantitative estimate of drug-likeness (QED) is 0.0803. The third-order valence-electron chi connectivity index (χ3n) is 4.51. The van der Waals surface area contributed by atoms with E-state index in [0.29, 0.717) is 37.6 Å². The first-order chi connectivity index (χ1) is 19.1. The zero-order chi connectivity index (χ0) is 30.0. The first kappa shape index (κ1) is 39.6. The van der Waals surface area contributed by atoms with Crippen molar-refractivity contribution in [1.82, 2.24) is 21.2 Å². The number of methoxy groups -OCH3 is 2. The molecule has 0 heterocycles. The molecule has 0 aromatic rings. The summed E-state index contributed by atoms with van der Waals surface area (Å²) in [5.41, 5.74) is 6.44. The number of nitrogens with one attached hydrogen (secondary N) is 4. The molecule has 0 saturated carbocycles. The fourth-order valence-electron chi connectivity index (χ4n) is 2.88. The molecule has 0 bridgehead atoms. The van der Waals surface area contributed by atoms with Crippen LogP contribution >= 0.6 is 13.3 Å². The van der Waals surface area contributed by atoms with E-state index >= 15 is 0 Å². The van der Waals surface area contributed by atoms with E-state index in [4.69, 9.17) is 51.2 Å². The van der Waals surface area contributed by atoms with Crippen molar-refractivity contribution >= 4 is 48.5 Å². The number of hydrazine groups is 2. The predicted molar refractivity (Wildman–Crippen MR) is 162 cm³/mol. The Bertz CT molecular complexity index is 1050. The molecule has 12 nitrogen and oxygen atoms in total. The van der Waals surface area contributed by atoms with E-state index in [1.807, 2.05) is 27.7 Å². The maximum Gasteiger partial charge on any atom is 0.279 e. The van der Waals surface area contributed by atoms with Gasteiger partial charge in [0.05, 0.1) is 40.6 Å². The van der Waals surface area contributed by atoms with E-state index in [-0.39, 0.29) is 40.2 Å². The van der Waals surface area contributed by atoms with Crippen LogP contribution in [0.5, 0.6) is 0 Å². The van der Waals surface area contributed by atoms with Crippen LogP contribution in [0.4, 0.5) is 0 Å². The molecule has 2 aliphatic carbocycles. The Balaban J connectivity index is 0.000000762. The van der Waals surface area contributed by atoms with Crippen molar-refractivity contribution in [2.75, 3.05) is 40.6 Å². The van der Waals surface area contributed by atoms with Crippen molar-refractivity contribution in [2.24, 2.45) is 0 Å². The Labute approximate surface area is 262 Å². The van der Waals surface area contributed by atoms with Crippen LogP contribution in [0.2, 0.25) is 0 Å². The van der Waals surface area contributed by atoms with E-state index in [1.54, 1.807) is 36.5 Å². The molecule has 0 aromatic heterocycles. The van der Waals surface area contributed by atoms with Crippen molar-refractivity contribution in [1.29, 1.82) is 0 Å². The van der Waals surface area contributed by atoms with Gasteiger partial charge in [0.1, 0.15) is 0 Å². The van der Waals surface area contributed by atoms with Gasteiger partial charge in [-0.25, -0.2) is 0 Å². The van der Waals surface area contributed by atoms with Gasteiger partial charge in [-0.05, 0) is 75.6 Å². The summed E-state index contributed by atoms with van der Waals surface area (Å²) >= 11 is 10.5. The zero-order valence-corrected chi connectivity index (χ0v) is 28.1. The third-order valence-corrected chi connectivity index (χ3v) is 9.52. The maximum atomic E-state index is 11.9. The fraction of sp³-hybridized carbons (Fsp3) is 0.417. The predicted octanol–water partition coefficient (Wildman–Crippen LogP) is 3.86. The topological polar surface area (TPSA) is 138 Å². The smallest absolute Gasteiger partial charge is 0.279 e. The molecule has 0 spiro atoms. The Kier molecular flexibility index (Phi) is 20.5. The van der Waals surface area contributed by atoms with Crippen LogP contribution in [0.15, 0.2) is 71.5 Å². The second-order valence-corrected chi connectivity index (χ2v) is 13.6. The van der Waals surface area contributed by atoms with Crippen LogP contribution in [-0.4, -0.2) is 52.2 Å². The Morgan fingerprint density at radius 3 is 1.27 bits per heavy atom. The summed E-state index contributed by atoms with van der Waals surface area (Å²) < 4.78 is 31.5. The van der Waals surface area contributed by atoms with Crippen LogP contribution in [0.1, 0.15) is 27.7 Å². The summed E-state index contributed by atoms with van der Waals surface area (Å²) in [7, 11) is 2.91. The van der Waals surface area contributed by atoms with E-state index in [2.05, 4.69) is 21.2 Å². The number of carbonyl (C=O) groups excluding carboxylic acids is 2. The van der Waals surface area contributed by atoms with Crippen LogP contribution in [0.25, 0.3) is 0 Å². The molecule has 1 radical (unpaired) electrons. The maximum absolute atomic E-state index is 11.9. The number of rotatable bonds is 16. The van der Waals surface area contributed by atoms with Crippen LogP contribution in [0, 0.1) is 0 Å². The fourth-order valence-corrected chi connectivity index (χ4v) is 6.67. The third kappa shape index (κ3) is 14.1. The van der Waals surface area contributed by atoms with Crippen molar-refractivity contribution in [3.8, 4) is 0 Å². The van der Waals surface area contributed by atoms with Gasteiger partial charge in [0.25, 0.3) is 13.3 Å². The Morgan fingerprint density at radius 1 is 0.683 bits per heavy atom. The Hall–Kier alpha value is -1.44. The second-order valence-electron chi connectivity index (χ2n) is 7.22. The molecule has 4 N–H and O–H groups in total. The summed E-state index contributed by atoms with van der Waals surface area (Å²) in [6, 6.07) is 0. The molecule has 0 fully saturated rings. The number of carbonyl (C=O) groups is 2. The van der Waals surface area contributed by atoms with Crippen molar-refractivity contribution in [3.05, 3.63) is 71.5 Å². The van der Waals surface area contributed by atoms with E-state index in [0.717, 1.165) is 0 Å². The number of hydrogen-bond donors (Lipinski definition) is 4. The molecule has 0 amide bonds. The van der Waals surface area contributed by atoms with Crippen LogP contribution in [-0.2, 0) is 77.8 Å². The standard InChI is InChI=1S/2C12H19N2O4PS.Cu/c2*1-4-17-19(20,18-5-2)14-13-9-10-7-6-8-11(16-3)12(10)15;/h2*6-9,13H,4-5H2,1-3H3,(H,14,20);/b10-9+;10-9-;. The van der Waals surface area contributed by atoms with Gasteiger partial charge in [0.2, 0.25) is 11.6 Å². The first-order valence-corrected chi connectivity index (χ1v) is 17.6. The molecular weight excluding hydrogens is 662 g/mol. The van der Waals surface area contributed by atoms with E-state index < -0.39 is 13.3 Å². The molecule has 2 aliphatic rings. The van der Waals surface area contributed by atoms with Gasteiger partial charge in [0.15, 0.2) is 11.5 Å². The minimum atomic E-state index is -2.58. The number of ketones is 2. The molecule has 235 valence electrons. The van der Waals surface area contributed by atoms with Gasteiger partial charge >= 0.3 is 0 Å². The SMILES string of the molecule is CCOP(=S)(NN/C=C1/C=CC=C(OC)C1=O)OCC.CCOP(=S)(NN/C=C1\C=CC=C(OC)C1=O)OCC.[Cu]. The molecule has 0 aromatic carbocycles. The number of allylic oxidation sites excluding steroid dienone is 8. The van der Waals surface area contributed by atoms with Gasteiger partial charge < -0.3 is 38.4 Å². The number of ether oxygens (including phenoxy) is 2. The van der Waals surface area contributed by atoms with Gasteiger partial charge in [-0.15, -0.1) is 0 Å². The number of Topliss-reactive ketones (excluding diaryl/α,β-unsaturated/α-hetero) is 2. The number of hydrogen-bond acceptors (Lipinski definition) is 12. The summed E-state index contributed by atoms with van der Waals surface area (Å²) in [6.45, 7) is 3.95. The molecule has 0 unspecified atom stereocenters. The average Bonchev–Trinajstić information content (AvgIpc) is 2.91. The van der Waals surface area contributed by atoms with Crippen LogP contribution < -0.4 is 21.2 Å². The minimum absolute atomic E-state index is 0. The van der Waals surface area contributed by atoms with Gasteiger partial charge in [0, 0.05) is 40.6 Å². The molecule has 41 heavy (non-hydrogen) atoms. The van der Waals surface area contributed by atoms with Crippen LogP contribution in [0.3, 0.4) is 0 Å². The van der Waals surface area contributed by atoms with E-state index in [9.17, 15) is 9.59 Å². The Morgan fingerprint density at radius 2 is 1.00 bits per heavy atom. The zero-order valence-electron chi connectivity index (χ0n) is 23.7. The molecular formula is C24H38CuN4O8P2S2. The second kappa shape index (κ2) is 21.3. The van der Waals surface area contributed by atoms with Gasteiger partial charge in [-0.2, -0.15) is 10.4 Å². The summed E-state index contributed by atoms with van der Waals surface area (Å²) in [5, 5.41) is 5.61. The molecule has 0 saturated heterocycles. The largest absolute Gasteiger partial charge is 0.493 e. The van der Waals surface area contributed by atoms with E-state index in [1.165, 1.54) is 26.6 Å². The molecule has 0 aliphatic heterocycles. The first-order valence-electron chi connectivity index (χ1n) is 12.3. The molecule has 17 heteroatoms. The van der Waals surface area contributed by atoms with Crippen molar-refractivity contribution in [3.63, 3.8) is 0 Å². The summed E-state index contributed by atoms with van der Waals surface area (Å²) in [4.78, 5) is 23.8. The monoisotopic (exact) mass is 699 g/mol. The van der Waals surface area contributed by atoms with Crippen molar-refractivity contribution < 1.29 is 54.2 Å². The minimum Gasteiger partial charge on any atom is -0.493 e. The normalized spacial score (nSPS) is 16.8. The molecule has 2 rings (SSSR count). The van der Waals surface area contributed by atoms with Crippen molar-refractivity contribution in [2.45, 2.75) is 27.7 Å². The van der Waals surface area contributed by atoms with Gasteiger partial charge in [-0.3, -0.25) is 9.59 Å².